The van der Waals surface area contributed by atoms with E-state index in [-0.39, 0.29) is 24.0 Å². The van der Waals surface area contributed by atoms with Gasteiger partial charge in [-0.3, -0.25) is 24.6 Å². The Kier molecular flexibility index (Phi) is 7.52. The quantitative estimate of drug-likeness (QED) is 0.604. The summed E-state index contributed by atoms with van der Waals surface area (Å²) in [5.41, 5.74) is 3.14. The van der Waals surface area contributed by atoms with Crippen LogP contribution < -0.4 is 10.6 Å². The average Bonchev–Trinajstić information content (AvgIpc) is 3.22. The van der Waals surface area contributed by atoms with Crippen LogP contribution in [0.4, 0.5) is 5.13 Å². The second-order valence-corrected chi connectivity index (χ2v) is 9.62. The van der Waals surface area contributed by atoms with E-state index in [1.54, 1.807) is 6.07 Å². The molecule has 2 aromatic rings. The molecular weight excluding hydrogens is 440 g/mol. The van der Waals surface area contributed by atoms with Crippen molar-refractivity contribution in [2.75, 3.05) is 44.7 Å². The molecule has 9 heteroatoms. The van der Waals surface area contributed by atoms with E-state index in [0.29, 0.717) is 34.2 Å². The van der Waals surface area contributed by atoms with Gasteiger partial charge in [0.1, 0.15) is 0 Å². The molecule has 176 valence electrons. The fourth-order valence-electron chi connectivity index (χ4n) is 4.21. The number of anilines is 1. The molecule has 2 aliphatic rings. The Bertz CT molecular complexity index is 1050. The fourth-order valence-corrected chi connectivity index (χ4v) is 5.15. The van der Waals surface area contributed by atoms with Crippen LogP contribution >= 0.6 is 11.3 Å². The van der Waals surface area contributed by atoms with Gasteiger partial charge in [0.15, 0.2) is 10.9 Å². The molecule has 2 heterocycles. The number of aryl methyl sites for hydroxylation is 1. The van der Waals surface area contributed by atoms with Crippen molar-refractivity contribution in [1.82, 2.24) is 15.2 Å². The zero-order valence-electron chi connectivity index (χ0n) is 19.1. The van der Waals surface area contributed by atoms with E-state index in [1.807, 2.05) is 26.0 Å². The van der Waals surface area contributed by atoms with E-state index in [1.165, 1.54) is 11.3 Å². The Morgan fingerprint density at radius 1 is 1.21 bits per heavy atom. The molecular formula is C24H30N4O4S. The van der Waals surface area contributed by atoms with Gasteiger partial charge in [-0.15, -0.1) is 0 Å². The molecule has 4 rings (SSSR count). The molecule has 0 radical (unpaired) electrons. The standard InChI is InChI=1S/C24H30N4O4S/c1-15-5-3-6-18(16(15)2)23(31)27-24-26-19-13-17(14-20(29)21(19)33-24)22(30)25-7-4-8-28-9-11-32-12-10-28/h3,5-6,17H,4,7-14H2,1-2H3,(H,25,30)(H,26,27,31). The third kappa shape index (κ3) is 5.66. The smallest absolute Gasteiger partial charge is 0.257 e. The molecule has 1 unspecified atom stereocenters. The van der Waals surface area contributed by atoms with Crippen molar-refractivity contribution in [2.45, 2.75) is 33.1 Å². The van der Waals surface area contributed by atoms with E-state index in [0.717, 1.165) is 50.4 Å². The van der Waals surface area contributed by atoms with E-state index in [4.69, 9.17) is 4.74 Å². The molecule has 0 saturated carbocycles. The van der Waals surface area contributed by atoms with Gasteiger partial charge in [-0.1, -0.05) is 23.5 Å². The van der Waals surface area contributed by atoms with Crippen molar-refractivity contribution < 1.29 is 19.1 Å². The van der Waals surface area contributed by atoms with Crippen LogP contribution in [0.5, 0.6) is 0 Å². The highest BCUT2D eigenvalue weighted by Gasteiger charge is 2.33. The summed E-state index contributed by atoms with van der Waals surface area (Å²) in [5.74, 6) is -0.859. The number of aromatic nitrogens is 1. The zero-order chi connectivity index (χ0) is 23.4. The second kappa shape index (κ2) is 10.5. The van der Waals surface area contributed by atoms with Crippen molar-refractivity contribution in [2.24, 2.45) is 5.92 Å². The number of ketones is 1. The number of morpholine rings is 1. The van der Waals surface area contributed by atoms with E-state index in [9.17, 15) is 14.4 Å². The minimum Gasteiger partial charge on any atom is -0.379 e. The Morgan fingerprint density at radius 3 is 2.79 bits per heavy atom. The number of carbonyl (C=O) groups is 3. The number of benzene rings is 1. The number of rotatable bonds is 7. The summed E-state index contributed by atoms with van der Waals surface area (Å²) >= 11 is 1.19. The molecule has 0 bridgehead atoms. The lowest BCUT2D eigenvalue weighted by atomic mass is 9.89. The third-order valence-corrected chi connectivity index (χ3v) is 7.37. The highest BCUT2D eigenvalue weighted by molar-refractivity contribution is 7.17. The molecule has 1 atom stereocenters. The number of ether oxygens (including phenoxy) is 1. The highest BCUT2D eigenvalue weighted by atomic mass is 32.1. The topological polar surface area (TPSA) is 101 Å². The van der Waals surface area contributed by atoms with Crippen LogP contribution in [0.25, 0.3) is 0 Å². The summed E-state index contributed by atoms with van der Waals surface area (Å²) < 4.78 is 5.35. The van der Waals surface area contributed by atoms with Crippen LogP contribution in [-0.4, -0.2) is 66.9 Å². The van der Waals surface area contributed by atoms with Crippen LogP contribution in [0.3, 0.4) is 0 Å². The SMILES string of the molecule is Cc1cccc(C(=O)Nc2nc3c(s2)C(=O)CC(C(=O)NCCCN2CCOCC2)C3)c1C. The fraction of sp³-hybridized carbons (Fsp3) is 0.500. The summed E-state index contributed by atoms with van der Waals surface area (Å²) in [6.07, 6.45) is 1.45. The molecule has 1 fully saturated rings. The number of fused-ring (bicyclic) bond motifs is 1. The first kappa shape index (κ1) is 23.5. The first-order chi connectivity index (χ1) is 15.9. The van der Waals surface area contributed by atoms with Gasteiger partial charge in [0.05, 0.1) is 29.7 Å². The number of carbonyl (C=O) groups excluding carboxylic acids is 3. The van der Waals surface area contributed by atoms with E-state index in [2.05, 4.69) is 20.5 Å². The van der Waals surface area contributed by atoms with Crippen LogP contribution in [0.1, 0.15) is 49.7 Å². The van der Waals surface area contributed by atoms with Gasteiger partial charge in [0, 0.05) is 38.0 Å². The van der Waals surface area contributed by atoms with Crippen LogP contribution in [0.15, 0.2) is 18.2 Å². The molecule has 1 aromatic carbocycles. The summed E-state index contributed by atoms with van der Waals surface area (Å²) in [5, 5.41) is 6.19. The Balaban J connectivity index is 1.32. The van der Waals surface area contributed by atoms with Gasteiger partial charge in [0.2, 0.25) is 5.91 Å². The summed E-state index contributed by atoms with van der Waals surface area (Å²) in [7, 11) is 0. The average molecular weight is 471 g/mol. The maximum Gasteiger partial charge on any atom is 0.257 e. The highest BCUT2D eigenvalue weighted by Crippen LogP contribution is 2.32. The lowest BCUT2D eigenvalue weighted by molar-refractivity contribution is -0.125. The summed E-state index contributed by atoms with van der Waals surface area (Å²) in [6.45, 7) is 8.76. The summed E-state index contributed by atoms with van der Waals surface area (Å²) in [6, 6.07) is 5.58. The van der Waals surface area contributed by atoms with Gasteiger partial charge < -0.3 is 10.1 Å². The first-order valence-electron chi connectivity index (χ1n) is 11.4. The van der Waals surface area contributed by atoms with Crippen LogP contribution in [0, 0.1) is 19.8 Å². The van der Waals surface area contributed by atoms with Crippen LogP contribution in [0.2, 0.25) is 0 Å². The number of hydrogen-bond acceptors (Lipinski definition) is 7. The Labute approximate surface area is 197 Å². The second-order valence-electron chi connectivity index (χ2n) is 8.62. The largest absolute Gasteiger partial charge is 0.379 e. The van der Waals surface area contributed by atoms with Crippen LogP contribution in [-0.2, 0) is 16.0 Å². The van der Waals surface area contributed by atoms with E-state index < -0.39 is 5.92 Å². The molecule has 1 saturated heterocycles. The lowest BCUT2D eigenvalue weighted by Crippen LogP contribution is -2.39. The van der Waals surface area contributed by atoms with Crippen molar-refractivity contribution in [1.29, 1.82) is 0 Å². The third-order valence-electron chi connectivity index (χ3n) is 6.32. The lowest BCUT2D eigenvalue weighted by Gasteiger charge is -2.26. The zero-order valence-corrected chi connectivity index (χ0v) is 19.9. The van der Waals surface area contributed by atoms with Gasteiger partial charge in [0.25, 0.3) is 5.91 Å². The molecule has 8 nitrogen and oxygen atoms in total. The minimum absolute atomic E-state index is 0.0885. The molecule has 1 aliphatic heterocycles. The van der Waals surface area contributed by atoms with Gasteiger partial charge in [-0.05, 0) is 44.0 Å². The van der Waals surface area contributed by atoms with Gasteiger partial charge in [-0.25, -0.2) is 4.98 Å². The number of amides is 2. The maximum absolute atomic E-state index is 12.7. The molecule has 2 N–H and O–H groups in total. The number of nitrogens with zero attached hydrogens (tertiary/aromatic N) is 2. The van der Waals surface area contributed by atoms with Crippen molar-refractivity contribution in [3.8, 4) is 0 Å². The van der Waals surface area contributed by atoms with Gasteiger partial charge in [-0.2, -0.15) is 0 Å². The first-order valence-corrected chi connectivity index (χ1v) is 12.2. The number of thiazole rings is 1. The normalized spacial score (nSPS) is 18.6. The molecule has 0 spiro atoms. The van der Waals surface area contributed by atoms with Gasteiger partial charge >= 0.3 is 0 Å². The van der Waals surface area contributed by atoms with Crippen molar-refractivity contribution in [3.63, 3.8) is 0 Å². The molecule has 1 aliphatic carbocycles. The molecule has 33 heavy (non-hydrogen) atoms. The monoisotopic (exact) mass is 470 g/mol. The summed E-state index contributed by atoms with van der Waals surface area (Å²) in [4.78, 5) is 45.4. The number of hydrogen-bond donors (Lipinski definition) is 2. The predicted molar refractivity (Wildman–Crippen MR) is 127 cm³/mol. The molecule has 2 amide bonds. The Hall–Kier alpha value is -2.62. The predicted octanol–water partition coefficient (Wildman–Crippen LogP) is 2.60. The van der Waals surface area contributed by atoms with E-state index >= 15 is 0 Å². The number of Topliss-reactive ketones (excluding diaryl/α,β-unsaturated/α-hetero) is 1. The van der Waals surface area contributed by atoms with Crippen molar-refractivity contribution in [3.05, 3.63) is 45.5 Å². The maximum atomic E-state index is 12.7. The number of nitrogens with one attached hydrogen (secondary N) is 2. The minimum atomic E-state index is -0.418. The molecule has 1 aromatic heterocycles. The Morgan fingerprint density at radius 2 is 2.00 bits per heavy atom. The van der Waals surface area contributed by atoms with Crippen molar-refractivity contribution >= 4 is 34.1 Å².